The summed E-state index contributed by atoms with van der Waals surface area (Å²) >= 11 is 0. The highest BCUT2D eigenvalue weighted by Gasteiger charge is 2.16. The van der Waals surface area contributed by atoms with Gasteiger partial charge >= 0.3 is 11.9 Å². The molecule has 0 rings (SSSR count). The molecular weight excluding hydrogens is 957 g/mol. The van der Waals surface area contributed by atoms with Crippen LogP contribution in [0.4, 0.5) is 0 Å². The van der Waals surface area contributed by atoms with Crippen molar-refractivity contribution in [3.05, 3.63) is 36.5 Å². The number of unbranched alkanes of at least 4 members (excludes halogenated alkanes) is 53. The third-order valence-electron chi connectivity index (χ3n) is 16.4. The van der Waals surface area contributed by atoms with Crippen LogP contribution < -0.4 is 0 Å². The fourth-order valence-corrected chi connectivity index (χ4v) is 11.1. The minimum absolute atomic E-state index is 0.0576. The van der Waals surface area contributed by atoms with E-state index in [1.165, 1.54) is 327 Å². The standard InChI is InChI=1S/C73H138O5/c1-3-5-7-9-11-13-15-17-19-21-23-25-27-28-29-30-31-32-33-34-35-36-37-38-39-40-41-42-43-44-46-48-50-52-54-56-58-60-62-64-66-68-73(76)78-71(69-74)70-77-72(75)67-65-63-61-59-57-55-53-51-49-47-45-26-24-22-20-18-16-14-12-10-8-6-4-2/h15,17,21,23,27-28,71,74H,3-14,16,18-20,22,24-26,29-70H2,1-2H3/b17-15-,23-21-,28-27-. The Kier molecular flexibility index (Phi) is 67.7. The molecule has 0 aliphatic carbocycles. The summed E-state index contributed by atoms with van der Waals surface area (Å²) in [7, 11) is 0. The summed E-state index contributed by atoms with van der Waals surface area (Å²) in [5, 5.41) is 9.69. The summed E-state index contributed by atoms with van der Waals surface area (Å²) in [5.41, 5.74) is 0. The molecule has 0 aromatic carbocycles. The lowest BCUT2D eigenvalue weighted by Crippen LogP contribution is -2.28. The van der Waals surface area contributed by atoms with Gasteiger partial charge in [0.25, 0.3) is 0 Å². The van der Waals surface area contributed by atoms with E-state index in [0.717, 1.165) is 44.9 Å². The first-order valence-electron chi connectivity index (χ1n) is 35.5. The van der Waals surface area contributed by atoms with Crippen LogP contribution in [0, 0.1) is 0 Å². The summed E-state index contributed by atoms with van der Waals surface area (Å²) in [6.07, 6.45) is 92.0. The Hall–Kier alpha value is -1.88. The first-order valence-corrected chi connectivity index (χ1v) is 35.5. The number of ether oxygens (including phenoxy) is 2. The Morgan fingerprint density at radius 1 is 0.295 bits per heavy atom. The van der Waals surface area contributed by atoms with E-state index in [1.807, 2.05) is 0 Å². The van der Waals surface area contributed by atoms with E-state index in [9.17, 15) is 14.7 Å². The summed E-state index contributed by atoms with van der Waals surface area (Å²) < 4.78 is 10.8. The van der Waals surface area contributed by atoms with Gasteiger partial charge in [0.05, 0.1) is 6.61 Å². The lowest BCUT2D eigenvalue weighted by Gasteiger charge is -2.15. The van der Waals surface area contributed by atoms with Crippen molar-refractivity contribution < 1.29 is 24.2 Å². The molecule has 5 nitrogen and oxygen atoms in total. The van der Waals surface area contributed by atoms with Gasteiger partial charge in [-0.15, -0.1) is 0 Å². The molecule has 0 aliphatic rings. The second-order valence-corrected chi connectivity index (χ2v) is 24.3. The van der Waals surface area contributed by atoms with Gasteiger partial charge in [-0.1, -0.05) is 371 Å². The number of esters is 2. The van der Waals surface area contributed by atoms with Crippen molar-refractivity contribution in [2.45, 2.75) is 405 Å². The van der Waals surface area contributed by atoms with Crippen LogP contribution >= 0.6 is 0 Å². The Morgan fingerprint density at radius 3 is 0.769 bits per heavy atom. The minimum Gasteiger partial charge on any atom is -0.462 e. The number of hydrogen-bond donors (Lipinski definition) is 1. The van der Waals surface area contributed by atoms with E-state index in [0.29, 0.717) is 12.8 Å². The molecule has 0 heterocycles. The predicted molar refractivity (Wildman–Crippen MR) is 344 cm³/mol. The first-order chi connectivity index (χ1) is 38.6. The maximum absolute atomic E-state index is 12.4. The number of aliphatic hydroxyl groups excluding tert-OH is 1. The van der Waals surface area contributed by atoms with Crippen LogP contribution in [0.1, 0.15) is 399 Å². The van der Waals surface area contributed by atoms with Crippen LogP contribution in [0.3, 0.4) is 0 Å². The Bertz CT molecular complexity index is 1240. The van der Waals surface area contributed by atoms with Crippen LogP contribution in [0.15, 0.2) is 36.5 Å². The van der Waals surface area contributed by atoms with E-state index >= 15 is 0 Å². The molecule has 0 saturated heterocycles. The minimum atomic E-state index is -0.768. The molecule has 0 aromatic heterocycles. The molecule has 78 heavy (non-hydrogen) atoms. The highest BCUT2D eigenvalue weighted by atomic mass is 16.6. The second kappa shape index (κ2) is 69.4. The quantitative estimate of drug-likeness (QED) is 0.0373. The average Bonchev–Trinajstić information content (AvgIpc) is 3.44. The summed E-state index contributed by atoms with van der Waals surface area (Å²) in [4.78, 5) is 24.6. The lowest BCUT2D eigenvalue weighted by atomic mass is 10.0. The molecule has 0 aromatic rings. The summed E-state index contributed by atoms with van der Waals surface area (Å²) in [6.45, 7) is 4.19. The molecule has 0 aliphatic heterocycles. The Labute approximate surface area is 488 Å². The van der Waals surface area contributed by atoms with Crippen LogP contribution in [-0.4, -0.2) is 36.4 Å². The monoisotopic (exact) mass is 1100 g/mol. The van der Waals surface area contributed by atoms with Crippen molar-refractivity contribution in [3.8, 4) is 0 Å². The van der Waals surface area contributed by atoms with Gasteiger partial charge in [0.1, 0.15) is 6.61 Å². The maximum Gasteiger partial charge on any atom is 0.306 e. The lowest BCUT2D eigenvalue weighted by molar-refractivity contribution is -0.161. The smallest absolute Gasteiger partial charge is 0.306 e. The molecule has 5 heteroatoms. The van der Waals surface area contributed by atoms with Gasteiger partial charge in [-0.2, -0.15) is 0 Å². The Balaban J connectivity index is 3.36. The normalized spacial score (nSPS) is 12.3. The number of rotatable bonds is 67. The van der Waals surface area contributed by atoms with Crippen molar-refractivity contribution in [1.82, 2.24) is 0 Å². The van der Waals surface area contributed by atoms with Crippen LogP contribution in [0.25, 0.3) is 0 Å². The zero-order chi connectivity index (χ0) is 56.2. The predicted octanol–water partition coefficient (Wildman–Crippen LogP) is 24.5. The molecule has 0 fully saturated rings. The summed E-state index contributed by atoms with van der Waals surface area (Å²) in [5.74, 6) is -0.563. The van der Waals surface area contributed by atoms with Crippen molar-refractivity contribution in [2.75, 3.05) is 13.2 Å². The van der Waals surface area contributed by atoms with Gasteiger partial charge in [-0.25, -0.2) is 0 Å². The molecule has 0 bridgehead atoms. The van der Waals surface area contributed by atoms with Crippen molar-refractivity contribution >= 4 is 11.9 Å². The largest absolute Gasteiger partial charge is 0.462 e. The SMILES string of the molecule is CCCCCCC/C=C\C/C=C\C/C=C\CCCCCCCCCCCCCCCCCCCCCCCCCCCCC(=O)OC(CO)COC(=O)CCCCCCCCCCCCCCCCCCCCCCCCC. The van der Waals surface area contributed by atoms with E-state index in [1.54, 1.807) is 0 Å². The van der Waals surface area contributed by atoms with E-state index in [2.05, 4.69) is 50.3 Å². The molecule has 0 spiro atoms. The first kappa shape index (κ1) is 76.1. The van der Waals surface area contributed by atoms with Gasteiger partial charge in [0.2, 0.25) is 0 Å². The fraction of sp³-hybridized carbons (Fsp3) is 0.890. The zero-order valence-corrected chi connectivity index (χ0v) is 53.0. The van der Waals surface area contributed by atoms with Gasteiger partial charge in [-0.3, -0.25) is 9.59 Å². The fourth-order valence-electron chi connectivity index (χ4n) is 11.1. The average molecular weight is 1100 g/mol. The summed E-state index contributed by atoms with van der Waals surface area (Å²) in [6, 6.07) is 0. The Morgan fingerprint density at radius 2 is 0.513 bits per heavy atom. The third-order valence-corrected chi connectivity index (χ3v) is 16.4. The van der Waals surface area contributed by atoms with Gasteiger partial charge in [0.15, 0.2) is 6.10 Å². The van der Waals surface area contributed by atoms with E-state index < -0.39 is 6.10 Å². The molecular formula is C73H138O5. The highest BCUT2D eigenvalue weighted by molar-refractivity contribution is 5.70. The molecule has 1 atom stereocenters. The van der Waals surface area contributed by atoms with Crippen molar-refractivity contribution in [1.29, 1.82) is 0 Å². The molecule has 1 unspecified atom stereocenters. The van der Waals surface area contributed by atoms with Gasteiger partial charge in [0, 0.05) is 12.8 Å². The van der Waals surface area contributed by atoms with E-state index in [-0.39, 0.29) is 25.2 Å². The van der Waals surface area contributed by atoms with Crippen molar-refractivity contribution in [3.63, 3.8) is 0 Å². The van der Waals surface area contributed by atoms with Crippen LogP contribution in [0.5, 0.6) is 0 Å². The number of hydrogen-bond acceptors (Lipinski definition) is 5. The molecule has 1 N–H and O–H groups in total. The van der Waals surface area contributed by atoms with Gasteiger partial charge in [-0.05, 0) is 51.4 Å². The maximum atomic E-state index is 12.4. The van der Waals surface area contributed by atoms with E-state index in [4.69, 9.17) is 9.47 Å². The van der Waals surface area contributed by atoms with Gasteiger partial charge < -0.3 is 14.6 Å². The highest BCUT2D eigenvalue weighted by Crippen LogP contribution is 2.19. The molecule has 460 valence electrons. The van der Waals surface area contributed by atoms with Crippen LogP contribution in [0.2, 0.25) is 0 Å². The second-order valence-electron chi connectivity index (χ2n) is 24.3. The topological polar surface area (TPSA) is 72.8 Å². The zero-order valence-electron chi connectivity index (χ0n) is 53.0. The van der Waals surface area contributed by atoms with Crippen molar-refractivity contribution in [2.24, 2.45) is 0 Å². The molecule has 0 radical (unpaired) electrons. The number of aliphatic hydroxyl groups is 1. The number of carbonyl (C=O) groups excluding carboxylic acids is 2. The molecule has 0 amide bonds. The van der Waals surface area contributed by atoms with Crippen LogP contribution in [-0.2, 0) is 19.1 Å². The number of carbonyl (C=O) groups is 2. The number of allylic oxidation sites excluding steroid dienone is 6. The molecule has 0 saturated carbocycles. The third kappa shape index (κ3) is 66.6.